The van der Waals surface area contributed by atoms with Gasteiger partial charge in [0.25, 0.3) is 23.6 Å². The smallest absolute Gasteiger partial charge is 0.258 e. The molecule has 0 aliphatic carbocycles. The average Bonchev–Trinajstić information content (AvgIpc) is 2.82. The second-order valence-electron chi connectivity index (χ2n) is 8.18. The van der Waals surface area contributed by atoms with Gasteiger partial charge >= 0.3 is 0 Å². The van der Waals surface area contributed by atoms with E-state index in [2.05, 4.69) is 20.6 Å². The lowest BCUT2D eigenvalue weighted by atomic mass is 10.1. The fourth-order valence-corrected chi connectivity index (χ4v) is 3.10. The molecule has 2 N–H and O–H groups in total. The van der Waals surface area contributed by atoms with E-state index in [0.717, 1.165) is 0 Å². The van der Waals surface area contributed by atoms with Gasteiger partial charge in [-0.15, -0.1) is 0 Å². The zero-order chi connectivity index (χ0) is 25.7. The highest BCUT2D eigenvalue weighted by atomic mass is 16.2. The van der Waals surface area contributed by atoms with Gasteiger partial charge in [0, 0.05) is 62.2 Å². The van der Waals surface area contributed by atoms with Gasteiger partial charge in [0.1, 0.15) is 5.82 Å². The number of aromatic nitrogens is 2. The molecule has 35 heavy (non-hydrogen) atoms. The van der Waals surface area contributed by atoms with Gasteiger partial charge in [-0.05, 0) is 55.5 Å². The van der Waals surface area contributed by atoms with Crippen molar-refractivity contribution < 1.29 is 19.2 Å². The summed E-state index contributed by atoms with van der Waals surface area (Å²) in [5, 5.41) is 5.28. The first kappa shape index (κ1) is 25.0. The van der Waals surface area contributed by atoms with Crippen LogP contribution in [0.4, 0.5) is 11.8 Å². The molecule has 0 atom stereocenters. The lowest BCUT2D eigenvalue weighted by Crippen LogP contribution is -2.22. The Kier molecular flexibility index (Phi) is 7.55. The minimum Gasteiger partial charge on any atom is -0.345 e. The molecule has 3 aromatic rings. The van der Waals surface area contributed by atoms with Crippen molar-refractivity contribution >= 4 is 35.4 Å². The summed E-state index contributed by atoms with van der Waals surface area (Å²) in [5.41, 5.74) is 2.12. The van der Waals surface area contributed by atoms with Gasteiger partial charge in [-0.3, -0.25) is 24.5 Å². The van der Waals surface area contributed by atoms with Crippen molar-refractivity contribution in [2.45, 2.75) is 6.92 Å². The van der Waals surface area contributed by atoms with Crippen molar-refractivity contribution in [1.82, 2.24) is 19.8 Å². The highest BCUT2D eigenvalue weighted by molar-refractivity contribution is 6.06. The molecular formula is C25H26N6O4. The highest BCUT2D eigenvalue weighted by Gasteiger charge is 2.14. The summed E-state index contributed by atoms with van der Waals surface area (Å²) in [6.45, 7) is 1.70. The fraction of sp³-hybridized carbons (Fsp3) is 0.200. The molecule has 1 heterocycles. The zero-order valence-corrected chi connectivity index (χ0v) is 20.1. The molecule has 3 rings (SSSR count). The van der Waals surface area contributed by atoms with Gasteiger partial charge in [0.2, 0.25) is 5.95 Å². The first-order valence-corrected chi connectivity index (χ1v) is 10.7. The number of carbonyl (C=O) groups excluding carboxylic acids is 4. The van der Waals surface area contributed by atoms with Crippen LogP contribution in [-0.2, 0) is 0 Å². The minimum absolute atomic E-state index is 0.0191. The normalized spacial score (nSPS) is 10.3. The minimum atomic E-state index is -0.460. The van der Waals surface area contributed by atoms with Gasteiger partial charge in [0.05, 0.1) is 0 Å². The molecule has 0 saturated carbocycles. The predicted octanol–water partition coefficient (Wildman–Crippen LogP) is 2.69. The second-order valence-corrected chi connectivity index (χ2v) is 8.18. The van der Waals surface area contributed by atoms with E-state index in [1.165, 1.54) is 21.9 Å². The molecular weight excluding hydrogens is 448 g/mol. The number of anilines is 2. The van der Waals surface area contributed by atoms with Crippen LogP contribution in [0.25, 0.3) is 0 Å². The summed E-state index contributed by atoms with van der Waals surface area (Å²) >= 11 is 0. The van der Waals surface area contributed by atoms with Crippen LogP contribution in [0.3, 0.4) is 0 Å². The van der Waals surface area contributed by atoms with Crippen LogP contribution < -0.4 is 10.6 Å². The molecule has 0 bridgehead atoms. The van der Waals surface area contributed by atoms with Crippen molar-refractivity contribution in [2.24, 2.45) is 0 Å². The third-order valence-corrected chi connectivity index (χ3v) is 4.92. The van der Waals surface area contributed by atoms with Gasteiger partial charge in [-0.2, -0.15) is 4.98 Å². The summed E-state index contributed by atoms with van der Waals surface area (Å²) in [6, 6.07) is 14.0. The Balaban J connectivity index is 1.70. The Morgan fingerprint density at radius 1 is 0.629 bits per heavy atom. The van der Waals surface area contributed by atoms with Crippen molar-refractivity contribution in [1.29, 1.82) is 0 Å². The van der Waals surface area contributed by atoms with Gasteiger partial charge in [-0.25, -0.2) is 4.98 Å². The lowest BCUT2D eigenvalue weighted by molar-refractivity contribution is 0.0820. The van der Waals surface area contributed by atoms with Crippen molar-refractivity contribution in [3.63, 3.8) is 0 Å². The van der Waals surface area contributed by atoms with E-state index in [1.807, 2.05) is 0 Å². The first-order chi connectivity index (χ1) is 16.5. The number of amides is 4. The highest BCUT2D eigenvalue weighted by Crippen LogP contribution is 2.14. The molecule has 0 spiro atoms. The molecule has 0 radical (unpaired) electrons. The molecule has 0 aliphatic rings. The molecule has 1 aromatic heterocycles. The van der Waals surface area contributed by atoms with E-state index in [4.69, 9.17) is 0 Å². The molecule has 4 amide bonds. The van der Waals surface area contributed by atoms with Crippen LogP contribution >= 0.6 is 0 Å². The maximum absolute atomic E-state index is 12.6. The monoisotopic (exact) mass is 474 g/mol. The predicted molar refractivity (Wildman–Crippen MR) is 132 cm³/mol. The summed E-state index contributed by atoms with van der Waals surface area (Å²) in [6.07, 6.45) is 0. The van der Waals surface area contributed by atoms with Gasteiger partial charge < -0.3 is 15.1 Å². The Morgan fingerprint density at radius 3 is 1.46 bits per heavy atom. The lowest BCUT2D eigenvalue weighted by Gasteiger charge is -2.11. The number of nitrogens with one attached hydrogen (secondary N) is 2. The van der Waals surface area contributed by atoms with Gasteiger partial charge in [0.15, 0.2) is 0 Å². The first-order valence-electron chi connectivity index (χ1n) is 10.7. The Bertz CT molecular complexity index is 1170. The molecule has 2 aromatic carbocycles. The maximum atomic E-state index is 12.6. The van der Waals surface area contributed by atoms with Crippen LogP contribution in [0.1, 0.15) is 47.1 Å². The Morgan fingerprint density at radius 2 is 1.03 bits per heavy atom. The number of benzene rings is 2. The van der Waals surface area contributed by atoms with Crippen molar-refractivity contribution in [3.05, 3.63) is 82.5 Å². The Hall–Kier alpha value is -4.60. The molecule has 10 heteroatoms. The Labute approximate surface area is 203 Å². The van der Waals surface area contributed by atoms with Crippen molar-refractivity contribution in [3.8, 4) is 0 Å². The van der Waals surface area contributed by atoms with E-state index in [1.54, 1.807) is 77.6 Å². The van der Waals surface area contributed by atoms with Gasteiger partial charge in [-0.1, -0.05) is 0 Å². The van der Waals surface area contributed by atoms with Crippen molar-refractivity contribution in [2.75, 3.05) is 38.8 Å². The number of nitrogens with zero attached hydrogens (tertiary/aromatic N) is 4. The van der Waals surface area contributed by atoms with Crippen LogP contribution in [0.5, 0.6) is 0 Å². The quantitative estimate of drug-likeness (QED) is 0.566. The van der Waals surface area contributed by atoms with E-state index in [9.17, 15) is 19.2 Å². The van der Waals surface area contributed by atoms with Crippen LogP contribution in [0.2, 0.25) is 0 Å². The number of hydrogen-bond acceptors (Lipinski definition) is 6. The fourth-order valence-electron chi connectivity index (χ4n) is 3.10. The number of aryl methyl sites for hydroxylation is 1. The average molecular weight is 475 g/mol. The number of carbonyl (C=O) groups is 4. The largest absolute Gasteiger partial charge is 0.345 e. The standard InChI is InChI=1S/C25H26N6O4/c1-15-14-20(27-21(32)16-6-10-18(11-7-16)23(34)30(2)3)28-25(26-15)29-22(33)17-8-12-19(13-9-17)24(35)31(4)5/h6-14H,1-5H3,(H2,26,27,28,29,32,33). The number of hydrogen-bond donors (Lipinski definition) is 2. The summed E-state index contributed by atoms with van der Waals surface area (Å²) in [7, 11) is 6.60. The van der Waals surface area contributed by atoms with Crippen LogP contribution in [0.15, 0.2) is 54.6 Å². The second kappa shape index (κ2) is 10.6. The SMILES string of the molecule is Cc1cc(NC(=O)c2ccc(C(=O)N(C)C)cc2)nc(NC(=O)c2ccc(C(=O)N(C)C)cc2)n1. The topological polar surface area (TPSA) is 125 Å². The van der Waals surface area contributed by atoms with E-state index in [-0.39, 0.29) is 23.6 Å². The molecule has 0 saturated heterocycles. The molecule has 0 unspecified atom stereocenters. The third kappa shape index (κ3) is 6.26. The van der Waals surface area contributed by atoms with E-state index >= 15 is 0 Å². The zero-order valence-electron chi connectivity index (χ0n) is 20.1. The van der Waals surface area contributed by atoms with E-state index in [0.29, 0.717) is 27.9 Å². The number of rotatable bonds is 6. The molecule has 10 nitrogen and oxygen atoms in total. The maximum Gasteiger partial charge on any atom is 0.258 e. The molecule has 0 aliphatic heterocycles. The molecule has 180 valence electrons. The summed E-state index contributed by atoms with van der Waals surface area (Å²) < 4.78 is 0. The van der Waals surface area contributed by atoms with Crippen LogP contribution in [-0.4, -0.2) is 71.6 Å². The molecule has 0 fully saturated rings. The van der Waals surface area contributed by atoms with Crippen LogP contribution in [0, 0.1) is 6.92 Å². The summed E-state index contributed by atoms with van der Waals surface area (Å²) in [4.78, 5) is 60.6. The third-order valence-electron chi connectivity index (χ3n) is 4.92. The van der Waals surface area contributed by atoms with E-state index < -0.39 is 11.8 Å². The summed E-state index contributed by atoms with van der Waals surface area (Å²) in [5.74, 6) is -0.992.